The van der Waals surface area contributed by atoms with Crippen molar-refractivity contribution in [1.82, 2.24) is 15.2 Å². The van der Waals surface area contributed by atoms with Crippen LogP contribution < -0.4 is 5.32 Å². The molecule has 1 N–H and O–H groups in total. The Labute approximate surface area is 159 Å². The lowest BCUT2D eigenvalue weighted by Gasteiger charge is -2.30. The SMILES string of the molecule is CCCNC(=O)C1CCN(Cc2nc(-c3ccccc3Cl)oc2C)CC1. The zero-order valence-electron chi connectivity index (χ0n) is 15.4. The fourth-order valence-electron chi connectivity index (χ4n) is 3.28. The van der Waals surface area contributed by atoms with Crippen LogP contribution in [0.15, 0.2) is 28.7 Å². The van der Waals surface area contributed by atoms with E-state index in [4.69, 9.17) is 16.0 Å². The van der Waals surface area contributed by atoms with Gasteiger partial charge in [-0.05, 0) is 51.4 Å². The van der Waals surface area contributed by atoms with Crippen LogP contribution in [-0.4, -0.2) is 35.4 Å². The molecule has 0 aliphatic carbocycles. The van der Waals surface area contributed by atoms with Crippen LogP contribution >= 0.6 is 11.6 Å². The highest BCUT2D eigenvalue weighted by Gasteiger charge is 2.26. The molecule has 1 fully saturated rings. The average Bonchev–Trinajstić information content (AvgIpc) is 3.01. The van der Waals surface area contributed by atoms with Gasteiger partial charge in [-0.15, -0.1) is 0 Å². The number of benzene rings is 1. The molecule has 0 bridgehead atoms. The molecule has 26 heavy (non-hydrogen) atoms. The number of piperidine rings is 1. The van der Waals surface area contributed by atoms with Crippen molar-refractivity contribution in [2.24, 2.45) is 5.92 Å². The summed E-state index contributed by atoms with van der Waals surface area (Å²) >= 11 is 6.25. The van der Waals surface area contributed by atoms with Gasteiger partial charge in [0.05, 0.1) is 16.3 Å². The number of hydrogen-bond acceptors (Lipinski definition) is 4. The van der Waals surface area contributed by atoms with Crippen LogP contribution in [0.5, 0.6) is 0 Å². The number of hydrogen-bond donors (Lipinski definition) is 1. The summed E-state index contributed by atoms with van der Waals surface area (Å²) in [4.78, 5) is 19.1. The van der Waals surface area contributed by atoms with Gasteiger partial charge in [-0.1, -0.05) is 30.7 Å². The molecule has 3 rings (SSSR count). The third kappa shape index (κ3) is 4.46. The molecular formula is C20H26ClN3O2. The first-order valence-corrected chi connectivity index (χ1v) is 9.67. The van der Waals surface area contributed by atoms with Crippen LogP contribution in [0.1, 0.15) is 37.6 Å². The Balaban J connectivity index is 1.59. The zero-order valence-corrected chi connectivity index (χ0v) is 16.2. The number of rotatable bonds is 6. The topological polar surface area (TPSA) is 58.4 Å². The largest absolute Gasteiger partial charge is 0.441 e. The third-order valence-electron chi connectivity index (χ3n) is 4.88. The zero-order chi connectivity index (χ0) is 18.5. The standard InChI is InChI=1S/C20H26ClN3O2/c1-3-10-22-19(25)15-8-11-24(12-9-15)13-18-14(2)26-20(23-18)16-6-4-5-7-17(16)21/h4-7,15H,3,8-13H2,1-2H3,(H,22,25). The van der Waals surface area contributed by atoms with Gasteiger partial charge in [0.25, 0.3) is 0 Å². The third-order valence-corrected chi connectivity index (χ3v) is 5.21. The lowest BCUT2D eigenvalue weighted by molar-refractivity contribution is -0.126. The quantitative estimate of drug-likeness (QED) is 0.827. The summed E-state index contributed by atoms with van der Waals surface area (Å²) in [6.45, 7) is 7.31. The number of halogens is 1. The highest BCUT2D eigenvalue weighted by Crippen LogP contribution is 2.29. The predicted octanol–water partition coefficient (Wildman–Crippen LogP) is 4.04. The summed E-state index contributed by atoms with van der Waals surface area (Å²) in [5.74, 6) is 1.72. The van der Waals surface area contributed by atoms with Gasteiger partial charge in [0, 0.05) is 19.0 Å². The molecule has 1 amide bonds. The van der Waals surface area contributed by atoms with Gasteiger partial charge < -0.3 is 9.73 Å². The molecule has 1 saturated heterocycles. The highest BCUT2D eigenvalue weighted by atomic mass is 35.5. The molecule has 0 spiro atoms. The highest BCUT2D eigenvalue weighted by molar-refractivity contribution is 6.33. The lowest BCUT2D eigenvalue weighted by atomic mass is 9.95. The number of carbonyl (C=O) groups excluding carboxylic acids is 1. The average molecular weight is 376 g/mol. The van der Waals surface area contributed by atoms with Crippen molar-refractivity contribution >= 4 is 17.5 Å². The maximum atomic E-state index is 12.1. The van der Waals surface area contributed by atoms with Crippen LogP contribution in [0, 0.1) is 12.8 Å². The normalized spacial score (nSPS) is 16.0. The molecule has 1 aliphatic rings. The fourth-order valence-corrected chi connectivity index (χ4v) is 3.50. The molecule has 5 nitrogen and oxygen atoms in total. The molecule has 2 aromatic rings. The maximum absolute atomic E-state index is 12.1. The van der Waals surface area contributed by atoms with Crippen molar-refractivity contribution in [3.63, 3.8) is 0 Å². The van der Waals surface area contributed by atoms with Crippen LogP contribution in [0.25, 0.3) is 11.5 Å². The Morgan fingerprint density at radius 1 is 1.35 bits per heavy atom. The minimum absolute atomic E-state index is 0.134. The smallest absolute Gasteiger partial charge is 0.228 e. The molecule has 0 saturated carbocycles. The Bertz CT molecular complexity index is 751. The second-order valence-electron chi connectivity index (χ2n) is 6.84. The number of likely N-dealkylation sites (tertiary alicyclic amines) is 1. The van der Waals surface area contributed by atoms with Crippen LogP contribution in [-0.2, 0) is 11.3 Å². The molecule has 1 aromatic carbocycles. The summed E-state index contributed by atoms with van der Waals surface area (Å²) in [6, 6.07) is 7.57. The lowest BCUT2D eigenvalue weighted by Crippen LogP contribution is -2.40. The van der Waals surface area contributed by atoms with Gasteiger partial charge in [-0.3, -0.25) is 9.69 Å². The van der Waals surface area contributed by atoms with Crippen molar-refractivity contribution in [3.05, 3.63) is 40.7 Å². The van der Waals surface area contributed by atoms with Crippen LogP contribution in [0.2, 0.25) is 5.02 Å². The van der Waals surface area contributed by atoms with Crippen molar-refractivity contribution in [2.45, 2.75) is 39.7 Å². The van der Waals surface area contributed by atoms with Gasteiger partial charge in [0.1, 0.15) is 5.76 Å². The predicted molar refractivity (Wildman–Crippen MR) is 103 cm³/mol. The molecule has 6 heteroatoms. The molecule has 1 aromatic heterocycles. The van der Waals surface area contributed by atoms with E-state index in [1.807, 2.05) is 31.2 Å². The molecule has 2 heterocycles. The number of carbonyl (C=O) groups is 1. The van der Waals surface area contributed by atoms with Crippen LogP contribution in [0.3, 0.4) is 0 Å². The van der Waals surface area contributed by atoms with E-state index in [9.17, 15) is 4.79 Å². The minimum atomic E-state index is 0.134. The van der Waals surface area contributed by atoms with E-state index in [0.717, 1.165) is 62.5 Å². The first kappa shape index (κ1) is 18.9. The van der Waals surface area contributed by atoms with Gasteiger partial charge >= 0.3 is 0 Å². The van der Waals surface area contributed by atoms with Gasteiger partial charge in [-0.25, -0.2) is 4.98 Å². The summed E-state index contributed by atoms with van der Waals surface area (Å²) in [5.41, 5.74) is 1.75. The Hall–Kier alpha value is -1.85. The van der Waals surface area contributed by atoms with E-state index in [1.165, 1.54) is 0 Å². The Morgan fingerprint density at radius 2 is 2.08 bits per heavy atom. The molecular weight excluding hydrogens is 350 g/mol. The fraction of sp³-hybridized carbons (Fsp3) is 0.500. The van der Waals surface area contributed by atoms with Crippen LogP contribution in [0.4, 0.5) is 0 Å². The van der Waals surface area contributed by atoms with E-state index in [1.54, 1.807) is 0 Å². The first-order chi connectivity index (χ1) is 12.6. The number of oxazole rings is 1. The molecule has 140 valence electrons. The van der Waals surface area contributed by atoms with E-state index in [2.05, 4.69) is 22.1 Å². The number of aromatic nitrogens is 1. The summed E-state index contributed by atoms with van der Waals surface area (Å²) in [6.07, 6.45) is 2.76. The van der Waals surface area contributed by atoms with Crippen molar-refractivity contribution < 1.29 is 9.21 Å². The molecule has 0 radical (unpaired) electrons. The van der Waals surface area contributed by atoms with Crippen molar-refractivity contribution in [2.75, 3.05) is 19.6 Å². The molecule has 0 atom stereocenters. The summed E-state index contributed by atoms with van der Waals surface area (Å²) in [7, 11) is 0. The summed E-state index contributed by atoms with van der Waals surface area (Å²) in [5, 5.41) is 3.64. The van der Waals surface area contributed by atoms with Gasteiger partial charge in [0.15, 0.2) is 0 Å². The number of aryl methyl sites for hydroxylation is 1. The molecule has 1 aliphatic heterocycles. The van der Waals surface area contributed by atoms with Gasteiger partial charge in [0.2, 0.25) is 11.8 Å². The monoisotopic (exact) mass is 375 g/mol. The molecule has 0 unspecified atom stereocenters. The number of nitrogens with one attached hydrogen (secondary N) is 1. The summed E-state index contributed by atoms with van der Waals surface area (Å²) < 4.78 is 5.84. The number of nitrogens with zero attached hydrogens (tertiary/aromatic N) is 2. The number of amides is 1. The first-order valence-electron chi connectivity index (χ1n) is 9.29. The van der Waals surface area contributed by atoms with E-state index in [-0.39, 0.29) is 11.8 Å². The maximum Gasteiger partial charge on any atom is 0.228 e. The van der Waals surface area contributed by atoms with E-state index < -0.39 is 0 Å². The van der Waals surface area contributed by atoms with Crippen molar-refractivity contribution in [1.29, 1.82) is 0 Å². The van der Waals surface area contributed by atoms with Crippen molar-refractivity contribution in [3.8, 4) is 11.5 Å². The van der Waals surface area contributed by atoms with Gasteiger partial charge in [-0.2, -0.15) is 0 Å². The minimum Gasteiger partial charge on any atom is -0.441 e. The van der Waals surface area contributed by atoms with E-state index in [0.29, 0.717) is 10.9 Å². The second kappa shape index (κ2) is 8.69. The van der Waals surface area contributed by atoms with E-state index >= 15 is 0 Å². The second-order valence-corrected chi connectivity index (χ2v) is 7.25. The Morgan fingerprint density at radius 3 is 2.77 bits per heavy atom. The Kier molecular flexibility index (Phi) is 6.33.